The minimum absolute atomic E-state index is 0.107. The van der Waals surface area contributed by atoms with E-state index >= 15 is 0 Å². The Kier molecular flexibility index (Phi) is 7.96. The molecule has 4 nitrogen and oxygen atoms in total. The number of nitrogens with zero attached hydrogens (tertiary/aromatic N) is 1. The third-order valence-corrected chi connectivity index (χ3v) is 7.72. The first-order valence-electron chi connectivity index (χ1n) is 11.8. The van der Waals surface area contributed by atoms with Crippen molar-refractivity contribution in [2.75, 3.05) is 6.61 Å². The predicted molar refractivity (Wildman–Crippen MR) is 133 cm³/mol. The van der Waals surface area contributed by atoms with E-state index < -0.39 is 14.6 Å². The van der Waals surface area contributed by atoms with Gasteiger partial charge in [-0.2, -0.15) is 0 Å². The van der Waals surface area contributed by atoms with Gasteiger partial charge >= 0.3 is 0 Å². The lowest BCUT2D eigenvalue weighted by Gasteiger charge is -2.59. The summed E-state index contributed by atoms with van der Waals surface area (Å²) in [5.41, 5.74) is 1.68. The Bertz CT molecular complexity index is 865. The van der Waals surface area contributed by atoms with Crippen LogP contribution in [0.1, 0.15) is 45.2 Å². The largest absolute Gasteiger partial charge is 0.414 e. The molecule has 5 heteroatoms. The molecule has 3 rings (SSSR count). The normalized spacial score (nSPS) is 20.8. The number of amides is 1. The highest BCUT2D eigenvalue weighted by molar-refractivity contribution is 6.48. The summed E-state index contributed by atoms with van der Waals surface area (Å²) >= 11 is 0. The van der Waals surface area contributed by atoms with Gasteiger partial charge in [0, 0.05) is 19.2 Å². The highest BCUT2D eigenvalue weighted by Crippen LogP contribution is 2.48. The number of hydrogen-bond acceptors (Lipinski definition) is 3. The Balaban J connectivity index is 1.76. The maximum atomic E-state index is 13.5. The molecule has 1 saturated heterocycles. The van der Waals surface area contributed by atoms with Gasteiger partial charge in [-0.05, 0) is 43.0 Å². The van der Waals surface area contributed by atoms with Crippen LogP contribution in [0.25, 0.3) is 0 Å². The van der Waals surface area contributed by atoms with E-state index in [4.69, 9.17) is 9.16 Å². The number of rotatable bonds is 10. The van der Waals surface area contributed by atoms with E-state index in [0.717, 1.165) is 12.0 Å². The maximum absolute atomic E-state index is 13.5. The van der Waals surface area contributed by atoms with Crippen LogP contribution in [0.3, 0.4) is 0 Å². The van der Waals surface area contributed by atoms with E-state index in [1.54, 1.807) is 0 Å². The average molecular weight is 454 g/mol. The molecule has 3 unspecified atom stereocenters. The lowest BCUT2D eigenvalue weighted by atomic mass is 9.63. The van der Waals surface area contributed by atoms with Crippen molar-refractivity contribution in [2.45, 2.75) is 72.0 Å². The van der Waals surface area contributed by atoms with Crippen molar-refractivity contribution in [1.29, 1.82) is 0 Å². The number of carbonyl (C=O) groups is 1. The number of carbonyl (C=O) groups excluding carboxylic acids is 1. The van der Waals surface area contributed by atoms with Crippen LogP contribution in [0, 0.1) is 11.3 Å². The van der Waals surface area contributed by atoms with Crippen LogP contribution >= 0.6 is 0 Å². The van der Waals surface area contributed by atoms with Gasteiger partial charge in [-0.25, -0.2) is 0 Å². The molecule has 32 heavy (non-hydrogen) atoms. The molecule has 0 N–H and O–H groups in total. The van der Waals surface area contributed by atoms with Gasteiger partial charge in [0.2, 0.25) is 5.91 Å². The number of β-lactam (4-membered cyclic amide) rings is 1. The first-order chi connectivity index (χ1) is 15.1. The molecular weight excluding hydrogens is 414 g/mol. The van der Waals surface area contributed by atoms with Crippen LogP contribution < -0.4 is 0 Å². The minimum Gasteiger partial charge on any atom is -0.414 e. The summed E-state index contributed by atoms with van der Waals surface area (Å²) < 4.78 is 12.6. The molecule has 1 heterocycles. The predicted octanol–water partition coefficient (Wildman–Crippen LogP) is 5.43. The molecule has 1 amide bonds. The lowest BCUT2D eigenvalue weighted by molar-refractivity contribution is -0.189. The zero-order valence-corrected chi connectivity index (χ0v) is 21.7. The molecule has 0 aromatic heterocycles. The Morgan fingerprint density at radius 1 is 0.906 bits per heavy atom. The van der Waals surface area contributed by atoms with E-state index in [-0.39, 0.29) is 23.3 Å². The molecule has 0 aliphatic carbocycles. The van der Waals surface area contributed by atoms with Gasteiger partial charge in [0.15, 0.2) is 9.04 Å². The Morgan fingerprint density at radius 2 is 1.47 bits per heavy atom. The van der Waals surface area contributed by atoms with Gasteiger partial charge in [0.1, 0.15) is 0 Å². The summed E-state index contributed by atoms with van der Waals surface area (Å²) in [7, 11) is -1.35. The summed E-state index contributed by atoms with van der Waals surface area (Å²) in [6.45, 7) is 15.0. The molecule has 0 bridgehead atoms. The SMILES string of the molecule is C[SiH](C)OC(C)(C1C(=O)N(Cc2ccccc2)C1CCOCc1ccccc1)C(C)(C)C. The molecule has 2 aromatic rings. The molecule has 1 aliphatic rings. The molecular formula is C27H39NO3Si. The standard InChI is InChI=1S/C27H39NO3Si/c1-26(2,3)27(4,31-32(5)6)24-23(17-18-30-20-22-15-11-8-12-16-22)28(25(24)29)19-21-13-9-7-10-14-21/h7-16,23-24,32H,17-20H2,1-6H3. The highest BCUT2D eigenvalue weighted by Gasteiger charge is 2.60. The van der Waals surface area contributed by atoms with Crippen LogP contribution in [0.15, 0.2) is 60.7 Å². The quantitative estimate of drug-likeness (QED) is 0.274. The smallest absolute Gasteiger partial charge is 0.231 e. The van der Waals surface area contributed by atoms with E-state index in [9.17, 15) is 4.79 Å². The third kappa shape index (κ3) is 5.51. The molecule has 1 fully saturated rings. The maximum Gasteiger partial charge on any atom is 0.231 e. The molecule has 0 spiro atoms. The molecule has 2 aromatic carbocycles. The Labute approximate surface area is 195 Å². The van der Waals surface area contributed by atoms with Gasteiger partial charge in [0.05, 0.1) is 18.1 Å². The van der Waals surface area contributed by atoms with Crippen molar-refractivity contribution in [1.82, 2.24) is 4.90 Å². The van der Waals surface area contributed by atoms with Gasteiger partial charge in [-0.15, -0.1) is 0 Å². The van der Waals surface area contributed by atoms with E-state index in [2.05, 4.69) is 65.1 Å². The monoisotopic (exact) mass is 453 g/mol. The second kappa shape index (κ2) is 10.3. The van der Waals surface area contributed by atoms with Crippen molar-refractivity contribution >= 4 is 14.9 Å². The molecule has 0 radical (unpaired) electrons. The summed E-state index contributed by atoms with van der Waals surface area (Å²) in [5.74, 6) is 0.0513. The zero-order chi connectivity index (χ0) is 23.4. The fourth-order valence-corrected chi connectivity index (χ4v) is 6.16. The van der Waals surface area contributed by atoms with Crippen molar-refractivity contribution < 1.29 is 14.0 Å². The summed E-state index contributed by atoms with van der Waals surface area (Å²) in [4.78, 5) is 15.6. The van der Waals surface area contributed by atoms with Crippen molar-refractivity contribution in [3.8, 4) is 0 Å². The molecule has 1 aliphatic heterocycles. The van der Waals surface area contributed by atoms with E-state index in [0.29, 0.717) is 19.8 Å². The second-order valence-electron chi connectivity index (χ2n) is 10.3. The lowest BCUT2D eigenvalue weighted by Crippen LogP contribution is -2.71. The number of hydrogen-bond donors (Lipinski definition) is 0. The van der Waals surface area contributed by atoms with Crippen LogP contribution in [0.5, 0.6) is 0 Å². The first kappa shape index (κ1) is 24.7. The fraction of sp³-hybridized carbons (Fsp3) is 0.519. The van der Waals surface area contributed by atoms with Crippen LogP contribution in [-0.4, -0.2) is 38.1 Å². The van der Waals surface area contributed by atoms with Crippen LogP contribution in [-0.2, 0) is 27.1 Å². The summed E-state index contributed by atoms with van der Waals surface area (Å²) in [5, 5.41) is 0. The van der Waals surface area contributed by atoms with Crippen molar-refractivity contribution in [3.05, 3.63) is 71.8 Å². The van der Waals surface area contributed by atoms with Gasteiger partial charge in [-0.1, -0.05) is 81.4 Å². The van der Waals surface area contributed by atoms with Crippen LogP contribution in [0.2, 0.25) is 13.1 Å². The molecule has 174 valence electrons. The van der Waals surface area contributed by atoms with Gasteiger partial charge < -0.3 is 14.1 Å². The molecule has 0 saturated carbocycles. The average Bonchev–Trinajstić information content (AvgIpc) is 2.74. The van der Waals surface area contributed by atoms with Gasteiger partial charge in [0.25, 0.3) is 0 Å². The van der Waals surface area contributed by atoms with E-state index in [1.165, 1.54) is 5.56 Å². The first-order valence-corrected chi connectivity index (χ1v) is 14.6. The number of likely N-dealkylation sites (tertiary alicyclic amines) is 1. The Hall–Kier alpha value is -1.95. The van der Waals surface area contributed by atoms with Crippen molar-refractivity contribution in [3.63, 3.8) is 0 Å². The van der Waals surface area contributed by atoms with Crippen molar-refractivity contribution in [2.24, 2.45) is 11.3 Å². The van der Waals surface area contributed by atoms with Gasteiger partial charge in [-0.3, -0.25) is 4.79 Å². The zero-order valence-electron chi connectivity index (χ0n) is 20.5. The second-order valence-corrected chi connectivity index (χ2v) is 12.7. The third-order valence-electron chi connectivity index (χ3n) is 6.76. The summed E-state index contributed by atoms with van der Waals surface area (Å²) in [6.07, 6.45) is 0.810. The topological polar surface area (TPSA) is 38.8 Å². The number of ether oxygens (including phenoxy) is 1. The Morgan fingerprint density at radius 3 is 2.00 bits per heavy atom. The number of benzene rings is 2. The van der Waals surface area contributed by atoms with Crippen LogP contribution in [0.4, 0.5) is 0 Å². The fourth-order valence-electron chi connectivity index (χ4n) is 4.68. The minimum atomic E-state index is -1.35. The van der Waals surface area contributed by atoms with E-state index in [1.807, 2.05) is 41.3 Å². The summed E-state index contributed by atoms with van der Waals surface area (Å²) in [6, 6.07) is 20.6. The highest BCUT2D eigenvalue weighted by atomic mass is 28.3. The molecule has 3 atom stereocenters.